The molecule has 1 amide bonds. The maximum atomic E-state index is 13.4. The van der Waals surface area contributed by atoms with E-state index in [2.05, 4.69) is 20.2 Å². The number of rotatable bonds is 4. The quantitative estimate of drug-likeness (QED) is 0.880. The Morgan fingerprint density at radius 2 is 2.00 bits per heavy atom. The van der Waals surface area contributed by atoms with Crippen molar-refractivity contribution in [3.8, 4) is 0 Å². The van der Waals surface area contributed by atoms with Crippen molar-refractivity contribution in [3.05, 3.63) is 58.0 Å². The lowest BCUT2D eigenvalue weighted by molar-refractivity contribution is 0.0929. The fraction of sp³-hybridized carbons (Fsp3) is 0.421. The van der Waals surface area contributed by atoms with E-state index in [0.29, 0.717) is 11.7 Å². The summed E-state index contributed by atoms with van der Waals surface area (Å²) in [6.07, 6.45) is 4.95. The molecule has 7 heteroatoms. The van der Waals surface area contributed by atoms with Gasteiger partial charge in [-0.2, -0.15) is 0 Å². The summed E-state index contributed by atoms with van der Waals surface area (Å²) < 4.78 is 13.4. The van der Waals surface area contributed by atoms with Crippen LogP contribution in [0.3, 0.4) is 0 Å². The number of hydrogen-bond donors (Lipinski definition) is 2. The van der Waals surface area contributed by atoms with Crippen molar-refractivity contribution in [1.82, 2.24) is 15.3 Å². The summed E-state index contributed by atoms with van der Waals surface area (Å²) in [7, 11) is 0. The Labute approximate surface area is 150 Å². The molecule has 2 aliphatic rings. The Kier molecular flexibility index (Phi) is 4.44. The van der Waals surface area contributed by atoms with Crippen LogP contribution in [0.2, 0.25) is 0 Å². The highest BCUT2D eigenvalue weighted by Crippen LogP contribution is 2.37. The predicted octanol–water partition coefficient (Wildman–Crippen LogP) is 2.19. The summed E-state index contributed by atoms with van der Waals surface area (Å²) >= 11 is 0. The zero-order valence-corrected chi connectivity index (χ0v) is 14.4. The molecule has 1 aromatic heterocycles. The Hall–Kier alpha value is -2.70. The van der Waals surface area contributed by atoms with Gasteiger partial charge in [0.15, 0.2) is 0 Å². The number of hydrogen-bond acceptors (Lipinski definition) is 4. The van der Waals surface area contributed by atoms with E-state index < -0.39 is 0 Å². The summed E-state index contributed by atoms with van der Waals surface area (Å²) in [6, 6.07) is 6.52. The van der Waals surface area contributed by atoms with Crippen LogP contribution in [0.1, 0.15) is 47.8 Å². The molecule has 1 aromatic carbocycles. The standard InChI is InChI=1S/C19H21FN4O2/c20-13-2-1-3-15(10-13)24-8-6-14(7-9-24)22-18(25)16-11-21-17(12-4-5-12)23-19(16)26/h1-3,10-12,14H,4-9H2,(H,22,25)(H,21,23,26). The number of benzene rings is 1. The van der Waals surface area contributed by atoms with Gasteiger partial charge >= 0.3 is 0 Å². The minimum atomic E-state index is -0.384. The van der Waals surface area contributed by atoms with Crippen LogP contribution >= 0.6 is 0 Å². The second-order valence-electron chi connectivity index (χ2n) is 7.00. The molecule has 26 heavy (non-hydrogen) atoms. The van der Waals surface area contributed by atoms with Gasteiger partial charge in [0.2, 0.25) is 0 Å². The molecule has 0 unspecified atom stereocenters. The Morgan fingerprint density at radius 3 is 2.65 bits per heavy atom. The van der Waals surface area contributed by atoms with E-state index in [-0.39, 0.29) is 28.9 Å². The van der Waals surface area contributed by atoms with E-state index >= 15 is 0 Å². The van der Waals surface area contributed by atoms with Gasteiger partial charge in [-0.1, -0.05) is 6.07 Å². The molecule has 2 aromatic rings. The average molecular weight is 356 g/mol. The first-order valence-corrected chi connectivity index (χ1v) is 9.01. The lowest BCUT2D eigenvalue weighted by Gasteiger charge is -2.33. The van der Waals surface area contributed by atoms with Crippen molar-refractivity contribution in [1.29, 1.82) is 0 Å². The Bertz CT molecular complexity index is 870. The molecule has 136 valence electrons. The number of halogens is 1. The molecular weight excluding hydrogens is 335 g/mol. The van der Waals surface area contributed by atoms with Gasteiger partial charge < -0.3 is 15.2 Å². The fourth-order valence-electron chi connectivity index (χ4n) is 3.35. The molecule has 2 N–H and O–H groups in total. The van der Waals surface area contributed by atoms with Crippen LogP contribution in [0, 0.1) is 5.82 Å². The smallest absolute Gasteiger partial charge is 0.263 e. The minimum absolute atomic E-state index is 0.00480. The van der Waals surface area contributed by atoms with E-state index in [1.807, 2.05) is 6.07 Å². The second kappa shape index (κ2) is 6.90. The molecule has 1 aliphatic heterocycles. The minimum Gasteiger partial charge on any atom is -0.371 e. The molecule has 0 radical (unpaired) electrons. The van der Waals surface area contributed by atoms with Gasteiger partial charge in [0, 0.05) is 36.9 Å². The number of H-pyrrole nitrogens is 1. The zero-order chi connectivity index (χ0) is 18.1. The maximum Gasteiger partial charge on any atom is 0.263 e. The number of piperidine rings is 1. The molecule has 2 heterocycles. The molecule has 2 fully saturated rings. The van der Waals surface area contributed by atoms with Gasteiger partial charge in [-0.15, -0.1) is 0 Å². The summed E-state index contributed by atoms with van der Waals surface area (Å²) in [4.78, 5) is 33.6. The third kappa shape index (κ3) is 3.61. The molecule has 0 spiro atoms. The van der Waals surface area contributed by atoms with Gasteiger partial charge in [0.1, 0.15) is 17.2 Å². The van der Waals surface area contributed by atoms with Crippen molar-refractivity contribution < 1.29 is 9.18 Å². The van der Waals surface area contributed by atoms with Crippen LogP contribution in [-0.4, -0.2) is 35.0 Å². The number of carbonyl (C=O) groups is 1. The fourth-order valence-corrected chi connectivity index (χ4v) is 3.35. The van der Waals surface area contributed by atoms with Gasteiger partial charge in [0.25, 0.3) is 11.5 Å². The number of aromatic amines is 1. The van der Waals surface area contributed by atoms with Crippen LogP contribution in [0.4, 0.5) is 10.1 Å². The van der Waals surface area contributed by atoms with Gasteiger partial charge in [0.05, 0.1) is 0 Å². The molecule has 1 aliphatic carbocycles. The van der Waals surface area contributed by atoms with E-state index in [9.17, 15) is 14.0 Å². The van der Waals surface area contributed by atoms with E-state index in [1.54, 1.807) is 6.07 Å². The topological polar surface area (TPSA) is 78.1 Å². The highest BCUT2D eigenvalue weighted by atomic mass is 19.1. The largest absolute Gasteiger partial charge is 0.371 e. The number of carbonyl (C=O) groups excluding carboxylic acids is 1. The Morgan fingerprint density at radius 1 is 1.23 bits per heavy atom. The van der Waals surface area contributed by atoms with Gasteiger partial charge in [-0.3, -0.25) is 9.59 Å². The van der Waals surface area contributed by atoms with Gasteiger partial charge in [-0.25, -0.2) is 9.37 Å². The first-order valence-electron chi connectivity index (χ1n) is 9.01. The first kappa shape index (κ1) is 16.8. The summed E-state index contributed by atoms with van der Waals surface area (Å²) in [6.45, 7) is 1.45. The highest BCUT2D eigenvalue weighted by Gasteiger charge is 2.27. The van der Waals surface area contributed by atoms with Crippen molar-refractivity contribution in [2.24, 2.45) is 0 Å². The first-order chi connectivity index (χ1) is 12.6. The molecule has 4 rings (SSSR count). The van der Waals surface area contributed by atoms with Crippen LogP contribution < -0.4 is 15.8 Å². The number of amides is 1. The third-order valence-electron chi connectivity index (χ3n) is 5.03. The SMILES string of the molecule is O=C(NC1CCN(c2cccc(F)c2)CC1)c1cnc(C2CC2)[nH]c1=O. The summed E-state index contributed by atoms with van der Waals surface area (Å²) in [5.41, 5.74) is 0.532. The number of anilines is 1. The second-order valence-corrected chi connectivity index (χ2v) is 7.00. The van der Waals surface area contributed by atoms with Crippen molar-refractivity contribution in [2.45, 2.75) is 37.6 Å². The van der Waals surface area contributed by atoms with Crippen molar-refractivity contribution in [2.75, 3.05) is 18.0 Å². The number of aromatic nitrogens is 2. The van der Waals surface area contributed by atoms with E-state index in [0.717, 1.165) is 44.5 Å². The monoisotopic (exact) mass is 356 g/mol. The molecule has 1 saturated heterocycles. The van der Waals surface area contributed by atoms with Crippen molar-refractivity contribution in [3.63, 3.8) is 0 Å². The normalized spacial score (nSPS) is 18.0. The van der Waals surface area contributed by atoms with E-state index in [1.165, 1.54) is 18.3 Å². The molecule has 1 saturated carbocycles. The average Bonchev–Trinajstić information content (AvgIpc) is 3.47. The third-order valence-corrected chi connectivity index (χ3v) is 5.03. The highest BCUT2D eigenvalue weighted by molar-refractivity contribution is 5.93. The Balaban J connectivity index is 1.35. The lowest BCUT2D eigenvalue weighted by atomic mass is 10.0. The molecular formula is C19H21FN4O2. The van der Waals surface area contributed by atoms with Crippen LogP contribution in [0.15, 0.2) is 35.3 Å². The summed E-state index contributed by atoms with van der Waals surface area (Å²) in [5, 5.41) is 2.92. The van der Waals surface area contributed by atoms with Crippen molar-refractivity contribution >= 4 is 11.6 Å². The molecule has 6 nitrogen and oxygen atoms in total. The van der Waals surface area contributed by atoms with E-state index in [4.69, 9.17) is 0 Å². The predicted molar refractivity (Wildman–Crippen MR) is 95.9 cm³/mol. The molecule has 0 bridgehead atoms. The number of nitrogens with zero attached hydrogens (tertiary/aromatic N) is 2. The maximum absolute atomic E-state index is 13.4. The zero-order valence-electron chi connectivity index (χ0n) is 14.4. The van der Waals surface area contributed by atoms with Crippen LogP contribution in [-0.2, 0) is 0 Å². The van der Waals surface area contributed by atoms with Crippen LogP contribution in [0.25, 0.3) is 0 Å². The lowest BCUT2D eigenvalue weighted by Crippen LogP contribution is -2.45. The summed E-state index contributed by atoms with van der Waals surface area (Å²) in [5.74, 6) is 0.381. The molecule has 0 atom stereocenters. The van der Waals surface area contributed by atoms with Gasteiger partial charge in [-0.05, 0) is 43.9 Å². The number of nitrogens with one attached hydrogen (secondary N) is 2. The van der Waals surface area contributed by atoms with Crippen LogP contribution in [0.5, 0.6) is 0 Å².